The van der Waals surface area contributed by atoms with E-state index in [1.165, 1.54) is 20.8 Å². The van der Waals surface area contributed by atoms with Crippen molar-refractivity contribution in [3.63, 3.8) is 0 Å². The maximum atomic E-state index is 12.3. The van der Waals surface area contributed by atoms with E-state index < -0.39 is 59.1 Å². The summed E-state index contributed by atoms with van der Waals surface area (Å²) in [4.78, 5) is 36.6. The molecular formula is C26H42O9. The molecule has 10 unspecified atom stereocenters. The lowest BCUT2D eigenvalue weighted by Gasteiger charge is -2.53. The number of carbonyl (C=O) groups excluding carboxylic acids is 3. The van der Waals surface area contributed by atoms with Gasteiger partial charge in [-0.2, -0.15) is 0 Å². The Kier molecular flexibility index (Phi) is 7.67. The third kappa shape index (κ3) is 5.37. The van der Waals surface area contributed by atoms with Crippen LogP contribution in [0.25, 0.3) is 0 Å². The minimum atomic E-state index is -1.47. The average molecular weight is 499 g/mol. The molecule has 0 aromatic heterocycles. The van der Waals surface area contributed by atoms with E-state index in [2.05, 4.69) is 0 Å². The minimum absolute atomic E-state index is 0.0641. The molecule has 2 bridgehead atoms. The molecule has 35 heavy (non-hydrogen) atoms. The highest BCUT2D eigenvalue weighted by molar-refractivity contribution is 5.67. The van der Waals surface area contributed by atoms with Gasteiger partial charge in [0.05, 0.1) is 17.8 Å². The van der Waals surface area contributed by atoms with E-state index >= 15 is 0 Å². The molecule has 1 aliphatic carbocycles. The second-order valence-electron chi connectivity index (χ2n) is 11.8. The summed E-state index contributed by atoms with van der Waals surface area (Å²) in [7, 11) is 0. The highest BCUT2D eigenvalue weighted by Gasteiger charge is 2.67. The van der Waals surface area contributed by atoms with Crippen LogP contribution in [0, 0.1) is 23.7 Å². The molecule has 0 spiro atoms. The molecule has 2 heterocycles. The molecule has 2 aliphatic heterocycles. The number of aliphatic hydroxyl groups is 2. The van der Waals surface area contributed by atoms with Crippen molar-refractivity contribution in [2.45, 2.75) is 122 Å². The van der Waals surface area contributed by atoms with Crippen LogP contribution in [0.5, 0.6) is 0 Å². The molecule has 10 atom stereocenters. The highest BCUT2D eigenvalue weighted by Crippen LogP contribution is 2.59. The van der Waals surface area contributed by atoms with Crippen molar-refractivity contribution < 1.29 is 43.5 Å². The summed E-state index contributed by atoms with van der Waals surface area (Å²) in [6, 6.07) is 0. The number of aliphatic hydroxyl groups excluding tert-OH is 1. The van der Waals surface area contributed by atoms with Crippen LogP contribution in [-0.4, -0.2) is 69.3 Å². The van der Waals surface area contributed by atoms with E-state index in [1.54, 1.807) is 13.8 Å². The van der Waals surface area contributed by atoms with Gasteiger partial charge >= 0.3 is 17.9 Å². The van der Waals surface area contributed by atoms with Gasteiger partial charge < -0.3 is 29.2 Å². The first kappa shape index (κ1) is 27.9. The van der Waals surface area contributed by atoms with E-state index in [-0.39, 0.29) is 49.4 Å². The molecule has 0 amide bonds. The molecule has 1 saturated carbocycles. The largest absolute Gasteiger partial charge is 0.462 e. The first-order valence-electron chi connectivity index (χ1n) is 12.6. The van der Waals surface area contributed by atoms with Gasteiger partial charge in [0.15, 0.2) is 0 Å². The SMILES string of the molecule is CC(=O)OC1CC(C)(OC(C)=O)C2C3CC(C)(O)C(O)CCC(C)(OC(C)=O)C(O3)C2C1C(C)C. The fraction of sp³-hybridized carbons (Fsp3) is 0.885. The van der Waals surface area contributed by atoms with Gasteiger partial charge in [0, 0.05) is 51.4 Å². The van der Waals surface area contributed by atoms with Crippen molar-refractivity contribution in [1.82, 2.24) is 0 Å². The molecule has 0 radical (unpaired) electrons. The van der Waals surface area contributed by atoms with Crippen molar-refractivity contribution in [1.29, 1.82) is 0 Å². The second-order valence-corrected chi connectivity index (χ2v) is 11.8. The Morgan fingerprint density at radius 1 is 0.943 bits per heavy atom. The summed E-state index contributed by atoms with van der Waals surface area (Å²) in [6.45, 7) is 13.3. The van der Waals surface area contributed by atoms with Gasteiger partial charge in [0.1, 0.15) is 23.4 Å². The van der Waals surface area contributed by atoms with Gasteiger partial charge in [0.2, 0.25) is 0 Å². The Morgan fingerprint density at radius 3 is 2.03 bits per heavy atom. The summed E-state index contributed by atoms with van der Waals surface area (Å²) in [5.41, 5.74) is -3.66. The van der Waals surface area contributed by atoms with Crippen LogP contribution in [0.15, 0.2) is 0 Å². The Labute approximate surface area is 207 Å². The lowest BCUT2D eigenvalue weighted by Crippen LogP contribution is -2.61. The van der Waals surface area contributed by atoms with Gasteiger partial charge in [-0.1, -0.05) is 13.8 Å². The van der Waals surface area contributed by atoms with Crippen LogP contribution in [0.2, 0.25) is 0 Å². The molecule has 2 N–H and O–H groups in total. The summed E-state index contributed by atoms with van der Waals surface area (Å²) >= 11 is 0. The van der Waals surface area contributed by atoms with Gasteiger partial charge in [-0.3, -0.25) is 14.4 Å². The monoisotopic (exact) mass is 498 g/mol. The Balaban J connectivity index is 2.23. The maximum absolute atomic E-state index is 12.3. The predicted molar refractivity (Wildman–Crippen MR) is 125 cm³/mol. The smallest absolute Gasteiger partial charge is 0.303 e. The summed E-state index contributed by atoms with van der Waals surface area (Å²) < 4.78 is 24.3. The molecule has 3 fully saturated rings. The van der Waals surface area contributed by atoms with E-state index in [0.717, 1.165) is 0 Å². The van der Waals surface area contributed by atoms with Crippen molar-refractivity contribution in [2.75, 3.05) is 0 Å². The van der Waals surface area contributed by atoms with Crippen molar-refractivity contribution in [2.24, 2.45) is 23.7 Å². The van der Waals surface area contributed by atoms with Crippen LogP contribution in [-0.2, 0) is 33.3 Å². The quantitative estimate of drug-likeness (QED) is 0.444. The van der Waals surface area contributed by atoms with Gasteiger partial charge in [-0.25, -0.2) is 0 Å². The molecule has 0 aromatic carbocycles. The van der Waals surface area contributed by atoms with E-state index in [4.69, 9.17) is 18.9 Å². The fourth-order valence-electron chi connectivity index (χ4n) is 7.19. The zero-order valence-electron chi connectivity index (χ0n) is 22.2. The maximum Gasteiger partial charge on any atom is 0.303 e. The van der Waals surface area contributed by atoms with Crippen LogP contribution >= 0.6 is 0 Å². The average Bonchev–Trinajstić information content (AvgIpc) is 3.04. The van der Waals surface area contributed by atoms with Gasteiger partial charge in [0.25, 0.3) is 0 Å². The lowest BCUT2D eigenvalue weighted by molar-refractivity contribution is -0.202. The highest BCUT2D eigenvalue weighted by atomic mass is 16.6. The Morgan fingerprint density at radius 2 is 1.51 bits per heavy atom. The number of fused-ring (bicyclic) bond motifs is 5. The van der Waals surface area contributed by atoms with Crippen LogP contribution in [0.4, 0.5) is 0 Å². The number of hydrogen-bond donors (Lipinski definition) is 2. The summed E-state index contributed by atoms with van der Waals surface area (Å²) in [6.07, 6.45) is -1.95. The molecule has 9 nitrogen and oxygen atoms in total. The first-order valence-corrected chi connectivity index (χ1v) is 12.6. The molecule has 0 aromatic rings. The van der Waals surface area contributed by atoms with Crippen LogP contribution in [0.1, 0.15) is 81.1 Å². The van der Waals surface area contributed by atoms with Gasteiger partial charge in [-0.15, -0.1) is 0 Å². The van der Waals surface area contributed by atoms with Crippen molar-refractivity contribution in [3.05, 3.63) is 0 Å². The number of ether oxygens (including phenoxy) is 4. The number of hydrogen-bond acceptors (Lipinski definition) is 9. The third-order valence-electron chi connectivity index (χ3n) is 8.36. The minimum Gasteiger partial charge on any atom is -0.462 e. The lowest BCUT2D eigenvalue weighted by atomic mass is 9.56. The number of esters is 3. The molecule has 200 valence electrons. The Bertz CT molecular complexity index is 839. The zero-order chi connectivity index (χ0) is 26.5. The summed E-state index contributed by atoms with van der Waals surface area (Å²) in [5.74, 6) is -2.18. The molecule has 3 rings (SSSR count). The number of carbonyl (C=O) groups is 3. The van der Waals surface area contributed by atoms with Crippen molar-refractivity contribution in [3.8, 4) is 0 Å². The van der Waals surface area contributed by atoms with Crippen molar-refractivity contribution >= 4 is 17.9 Å². The molecular weight excluding hydrogens is 456 g/mol. The Hall–Kier alpha value is -1.71. The predicted octanol–water partition coefficient (Wildman–Crippen LogP) is 2.53. The molecule has 2 saturated heterocycles. The normalized spacial score (nSPS) is 45.5. The topological polar surface area (TPSA) is 129 Å². The van der Waals surface area contributed by atoms with E-state index in [9.17, 15) is 24.6 Å². The van der Waals surface area contributed by atoms with E-state index in [1.807, 2.05) is 20.8 Å². The fourth-order valence-corrected chi connectivity index (χ4v) is 7.19. The van der Waals surface area contributed by atoms with Crippen LogP contribution < -0.4 is 0 Å². The molecule has 9 heteroatoms. The standard InChI is InChI=1S/C26H42O9/c1-13(2)20-17(32-14(3)27)12-26(8,35-16(5)29)22-18-11-24(6,31)19(30)9-10-25(7,34-15(4)28)23(33-18)21(20)22/h13,17-23,30-31H,9-12H2,1-8H3. The van der Waals surface area contributed by atoms with Crippen LogP contribution in [0.3, 0.4) is 0 Å². The van der Waals surface area contributed by atoms with E-state index in [0.29, 0.717) is 0 Å². The number of rotatable bonds is 4. The first-order chi connectivity index (χ1) is 16.0. The third-order valence-corrected chi connectivity index (χ3v) is 8.36. The second kappa shape index (κ2) is 9.63. The van der Waals surface area contributed by atoms with Gasteiger partial charge in [-0.05, 0) is 39.5 Å². The molecule has 3 aliphatic rings. The summed E-state index contributed by atoms with van der Waals surface area (Å²) in [5, 5.41) is 22.0. The zero-order valence-corrected chi connectivity index (χ0v) is 22.2.